The van der Waals surface area contributed by atoms with Crippen molar-refractivity contribution in [1.29, 1.82) is 0 Å². The van der Waals surface area contributed by atoms with Gasteiger partial charge in [0.15, 0.2) is 5.78 Å². The first kappa shape index (κ1) is 43.8. The molecule has 3 heterocycles. The molecule has 1 amide bonds. The number of amides is 1. The SMILES string of the molecule is CO[C@H]1/C=C\O[C@@]2(C)Oc3c(C)c(OC(=O)C(C)(C)C)c4c(c3C2=O)C(=O)C=C(NC(=O)/C(C)=C\C=C/[C@H](C)[C@H](O)[C@@H](C)[C@H](O)[C@H](C)[C@H](OC(C)=O)[C@@H]1C)C4=O. The minimum absolute atomic E-state index is 0.0622. The number of esters is 2. The van der Waals surface area contributed by atoms with E-state index in [-0.39, 0.29) is 33.8 Å². The summed E-state index contributed by atoms with van der Waals surface area (Å²) < 4.78 is 29.3. The number of ketones is 3. The zero-order valence-electron chi connectivity index (χ0n) is 34.0. The average molecular weight is 780 g/mol. The van der Waals surface area contributed by atoms with Gasteiger partial charge in [-0.3, -0.25) is 28.8 Å². The lowest BCUT2D eigenvalue weighted by Gasteiger charge is -2.38. The largest absolute Gasteiger partial charge is 0.462 e. The number of hydrogen-bond acceptors (Lipinski definition) is 13. The quantitative estimate of drug-likeness (QED) is 0.277. The van der Waals surface area contributed by atoms with E-state index in [0.717, 1.165) is 12.3 Å². The second kappa shape index (κ2) is 16.7. The summed E-state index contributed by atoms with van der Waals surface area (Å²) in [5.41, 5.74) is -2.30. The Morgan fingerprint density at radius 2 is 1.55 bits per heavy atom. The van der Waals surface area contributed by atoms with Crippen LogP contribution in [0.5, 0.6) is 11.5 Å². The summed E-state index contributed by atoms with van der Waals surface area (Å²) in [6, 6.07) is 0. The third kappa shape index (κ3) is 8.57. The van der Waals surface area contributed by atoms with E-state index in [4.69, 9.17) is 23.7 Å². The molecule has 304 valence electrons. The van der Waals surface area contributed by atoms with Gasteiger partial charge < -0.3 is 39.2 Å². The van der Waals surface area contributed by atoms with Gasteiger partial charge in [-0.05, 0) is 40.7 Å². The predicted molar refractivity (Wildman–Crippen MR) is 203 cm³/mol. The van der Waals surface area contributed by atoms with Crippen molar-refractivity contribution in [2.45, 2.75) is 106 Å². The molecule has 14 heteroatoms. The molecule has 0 saturated carbocycles. The molecule has 0 radical (unpaired) electrons. The van der Waals surface area contributed by atoms with E-state index < -0.39 is 106 Å². The molecule has 9 atom stereocenters. The summed E-state index contributed by atoms with van der Waals surface area (Å²) in [5.74, 6) is -9.66. The number of carbonyl (C=O) groups is 6. The molecule has 4 aliphatic rings. The van der Waals surface area contributed by atoms with Crippen molar-refractivity contribution in [1.82, 2.24) is 5.32 Å². The Hall–Kier alpha value is -4.92. The lowest BCUT2D eigenvalue weighted by Crippen LogP contribution is -2.46. The lowest BCUT2D eigenvalue weighted by atomic mass is 9.78. The van der Waals surface area contributed by atoms with Crippen LogP contribution in [0.25, 0.3) is 0 Å². The van der Waals surface area contributed by atoms with Crippen molar-refractivity contribution in [2.24, 2.45) is 29.1 Å². The van der Waals surface area contributed by atoms with E-state index >= 15 is 0 Å². The van der Waals surface area contributed by atoms with Gasteiger partial charge >= 0.3 is 17.7 Å². The van der Waals surface area contributed by atoms with Gasteiger partial charge in [-0.25, -0.2) is 0 Å². The normalized spacial score (nSPS) is 32.2. The van der Waals surface area contributed by atoms with Crippen molar-refractivity contribution in [3.05, 3.63) is 70.2 Å². The van der Waals surface area contributed by atoms with E-state index in [1.807, 2.05) is 0 Å². The Labute approximate surface area is 326 Å². The van der Waals surface area contributed by atoms with Gasteiger partial charge in [0, 0.05) is 61.8 Å². The van der Waals surface area contributed by atoms with Gasteiger partial charge in [0.2, 0.25) is 5.78 Å². The Morgan fingerprint density at radius 3 is 2.14 bits per heavy atom. The highest BCUT2D eigenvalue weighted by molar-refractivity contribution is 6.31. The van der Waals surface area contributed by atoms with Gasteiger partial charge in [0.05, 0.1) is 52.4 Å². The number of hydrogen-bond donors (Lipinski definition) is 3. The van der Waals surface area contributed by atoms with Crippen LogP contribution in [0.3, 0.4) is 0 Å². The van der Waals surface area contributed by atoms with E-state index in [2.05, 4.69) is 5.32 Å². The van der Waals surface area contributed by atoms with E-state index in [1.54, 1.807) is 60.6 Å². The van der Waals surface area contributed by atoms with Gasteiger partial charge in [-0.15, -0.1) is 0 Å². The highest BCUT2D eigenvalue weighted by Gasteiger charge is 2.52. The Morgan fingerprint density at radius 1 is 0.911 bits per heavy atom. The molecular formula is C42H53NO13. The molecule has 0 fully saturated rings. The van der Waals surface area contributed by atoms with Crippen LogP contribution in [0.1, 0.15) is 106 Å². The first-order chi connectivity index (χ1) is 26.0. The molecule has 5 bridgehead atoms. The molecule has 1 aromatic carbocycles. The van der Waals surface area contributed by atoms with Gasteiger partial charge in [-0.1, -0.05) is 45.9 Å². The Bertz CT molecular complexity index is 1930. The maximum Gasteiger partial charge on any atom is 0.316 e. The third-order valence-corrected chi connectivity index (χ3v) is 10.6. The number of ether oxygens (including phenoxy) is 5. The molecule has 0 aromatic heterocycles. The predicted octanol–water partition coefficient (Wildman–Crippen LogP) is 4.88. The summed E-state index contributed by atoms with van der Waals surface area (Å²) in [7, 11) is 1.42. The molecule has 0 unspecified atom stereocenters. The number of carbonyl (C=O) groups excluding carboxylic acids is 6. The van der Waals surface area contributed by atoms with Crippen LogP contribution < -0.4 is 14.8 Å². The number of rotatable bonds is 3. The topological polar surface area (TPSA) is 201 Å². The van der Waals surface area contributed by atoms with Crippen LogP contribution in [-0.4, -0.2) is 82.7 Å². The van der Waals surface area contributed by atoms with E-state index in [0.29, 0.717) is 0 Å². The number of aliphatic hydroxyl groups excluding tert-OH is 2. The lowest BCUT2D eigenvalue weighted by molar-refractivity contribution is -0.160. The number of aliphatic hydroxyl groups is 2. The minimum Gasteiger partial charge on any atom is -0.462 e. The molecule has 1 aliphatic carbocycles. The second-order valence-corrected chi connectivity index (χ2v) is 16.0. The smallest absolute Gasteiger partial charge is 0.316 e. The van der Waals surface area contributed by atoms with Crippen molar-refractivity contribution < 1.29 is 62.7 Å². The number of benzene rings is 1. The zero-order chi connectivity index (χ0) is 42.2. The summed E-state index contributed by atoms with van der Waals surface area (Å²) in [6.07, 6.45) is 4.23. The van der Waals surface area contributed by atoms with Crippen LogP contribution >= 0.6 is 0 Å². The van der Waals surface area contributed by atoms with Gasteiger partial charge in [0.1, 0.15) is 17.6 Å². The van der Waals surface area contributed by atoms with Crippen LogP contribution in [0.15, 0.2) is 47.9 Å². The molecule has 0 saturated heterocycles. The highest BCUT2D eigenvalue weighted by atomic mass is 16.7. The first-order valence-corrected chi connectivity index (χ1v) is 18.5. The number of Topliss-reactive ketones (excluding diaryl/α,β-unsaturated/α-hetero) is 2. The molecule has 5 rings (SSSR count). The minimum atomic E-state index is -2.09. The van der Waals surface area contributed by atoms with Crippen molar-refractivity contribution >= 4 is 35.2 Å². The molecule has 1 aromatic rings. The average Bonchev–Trinajstić information content (AvgIpc) is 3.39. The summed E-state index contributed by atoms with van der Waals surface area (Å²) in [4.78, 5) is 81.2. The second-order valence-electron chi connectivity index (χ2n) is 16.0. The fourth-order valence-electron chi connectivity index (χ4n) is 6.98. The van der Waals surface area contributed by atoms with E-state index in [9.17, 15) is 39.0 Å². The fraction of sp³-hybridized carbons (Fsp3) is 0.524. The molecule has 14 nitrogen and oxygen atoms in total. The summed E-state index contributed by atoms with van der Waals surface area (Å²) >= 11 is 0. The molecule has 0 spiro atoms. The Balaban J connectivity index is 1.91. The van der Waals surface area contributed by atoms with Crippen molar-refractivity contribution in [3.8, 4) is 11.5 Å². The first-order valence-electron chi connectivity index (χ1n) is 18.5. The third-order valence-electron chi connectivity index (χ3n) is 10.6. The maximum absolute atomic E-state index is 14.2. The molecule has 3 N–H and O–H groups in total. The summed E-state index contributed by atoms with van der Waals surface area (Å²) in [6.45, 7) is 17.1. The number of allylic oxidation sites excluding steroid dienone is 4. The molecule has 56 heavy (non-hydrogen) atoms. The standard InChI is InChI=1S/C42H53NO13/c1-19-14-13-15-20(2)39(50)43-26-18-27(45)29-30(34(26)48)36(55-40(51)41(8,9)10)24(6)37-31(29)38(49)42(11,56-37)53-17-16-28(52-12)21(3)35(54-25(7)44)23(5)33(47)22(4)32(19)46/h13-19,21-23,28,32-33,35,46-47H,1-12H3,(H,43,50)/b14-13-,17-16-,20-15-/t19-,21+,22+,23-,28-,32-,33-,35+,42-/m0/s1. The number of nitrogens with one attached hydrogen (secondary N) is 1. The van der Waals surface area contributed by atoms with Crippen LogP contribution in [0.4, 0.5) is 0 Å². The van der Waals surface area contributed by atoms with E-state index in [1.165, 1.54) is 47.0 Å². The molecule has 3 aliphatic heterocycles. The fourth-order valence-corrected chi connectivity index (χ4v) is 6.98. The summed E-state index contributed by atoms with van der Waals surface area (Å²) in [5, 5.41) is 25.2. The van der Waals surface area contributed by atoms with Crippen LogP contribution in [0, 0.1) is 36.0 Å². The zero-order valence-corrected chi connectivity index (χ0v) is 34.0. The van der Waals surface area contributed by atoms with Gasteiger partial charge in [0.25, 0.3) is 11.7 Å². The van der Waals surface area contributed by atoms with Crippen molar-refractivity contribution in [3.63, 3.8) is 0 Å². The van der Waals surface area contributed by atoms with Gasteiger partial charge in [-0.2, -0.15) is 0 Å². The monoisotopic (exact) mass is 779 g/mol. The number of methoxy groups -OCH3 is 1. The maximum atomic E-state index is 14.2. The number of fused-ring (bicyclic) bond motifs is 14. The van der Waals surface area contributed by atoms with Crippen LogP contribution in [-0.2, 0) is 28.6 Å². The Kier molecular flexibility index (Phi) is 13.0. The molecular weight excluding hydrogens is 726 g/mol. The van der Waals surface area contributed by atoms with Crippen LogP contribution in [0.2, 0.25) is 0 Å². The van der Waals surface area contributed by atoms with Crippen molar-refractivity contribution in [2.75, 3.05) is 7.11 Å². The highest BCUT2D eigenvalue weighted by Crippen LogP contribution is 2.48.